The van der Waals surface area contributed by atoms with Gasteiger partial charge < -0.3 is 26.8 Å². The molecule has 4 amide bonds. The van der Waals surface area contributed by atoms with E-state index >= 15 is 0 Å². The molecule has 0 bridgehead atoms. The van der Waals surface area contributed by atoms with Gasteiger partial charge in [-0.15, -0.1) is 0 Å². The van der Waals surface area contributed by atoms with Gasteiger partial charge in [-0.05, 0) is 63.6 Å². The molecule has 3 aromatic rings. The molecule has 1 aromatic heterocycles. The lowest BCUT2D eigenvalue weighted by Crippen LogP contribution is -2.57. The molecule has 2 heterocycles. The van der Waals surface area contributed by atoms with E-state index in [1.165, 1.54) is 0 Å². The van der Waals surface area contributed by atoms with Crippen molar-refractivity contribution in [2.24, 2.45) is 5.73 Å². The maximum absolute atomic E-state index is 13.5. The molecule has 234 valence electrons. The summed E-state index contributed by atoms with van der Waals surface area (Å²) in [6, 6.07) is 15.8. The lowest BCUT2D eigenvalue weighted by atomic mass is 9.99. The summed E-state index contributed by atoms with van der Waals surface area (Å²) < 4.78 is 0. The lowest BCUT2D eigenvalue weighted by Gasteiger charge is -2.36. The smallest absolute Gasteiger partial charge is 0.270 e. The number of aromatic nitrogens is 1. The number of aliphatic hydroxyl groups excluding tert-OH is 1. The number of amides is 4. The molecule has 1 saturated heterocycles. The van der Waals surface area contributed by atoms with E-state index in [2.05, 4.69) is 46.6 Å². The number of carbonyl (C=O) groups excluding carboxylic acids is 4. The number of nitrogens with one attached hydrogen (secondary N) is 3. The number of benzene rings is 2. The Balaban J connectivity index is 1.47. The maximum atomic E-state index is 13.5. The highest BCUT2D eigenvalue weighted by Gasteiger charge is 2.37. The molecule has 2 aromatic carbocycles. The van der Waals surface area contributed by atoms with Gasteiger partial charge in [0.05, 0.1) is 24.6 Å². The average molecular weight is 603 g/mol. The first-order chi connectivity index (χ1) is 20.9. The van der Waals surface area contributed by atoms with Crippen LogP contribution in [0.15, 0.2) is 66.9 Å². The van der Waals surface area contributed by atoms with Crippen molar-refractivity contribution in [2.75, 3.05) is 13.1 Å². The zero-order valence-corrected chi connectivity index (χ0v) is 25.5. The third-order valence-corrected chi connectivity index (χ3v) is 7.88. The van der Waals surface area contributed by atoms with Crippen molar-refractivity contribution >= 4 is 34.4 Å². The molecule has 1 aliphatic rings. The van der Waals surface area contributed by atoms with E-state index in [1.54, 1.807) is 12.3 Å². The van der Waals surface area contributed by atoms with Crippen LogP contribution >= 0.6 is 0 Å². The molecule has 1 aliphatic heterocycles. The Labute approximate surface area is 257 Å². The Morgan fingerprint density at radius 2 is 1.70 bits per heavy atom. The van der Waals surface area contributed by atoms with Gasteiger partial charge in [0.1, 0.15) is 11.7 Å². The van der Waals surface area contributed by atoms with Crippen molar-refractivity contribution in [1.82, 2.24) is 25.8 Å². The van der Waals surface area contributed by atoms with Crippen molar-refractivity contribution < 1.29 is 24.3 Å². The second-order valence-corrected chi connectivity index (χ2v) is 12.3. The summed E-state index contributed by atoms with van der Waals surface area (Å²) in [5.74, 6) is -2.31. The molecular formula is C33H42N6O5. The quantitative estimate of drug-likeness (QED) is 0.210. The van der Waals surface area contributed by atoms with Gasteiger partial charge in [0.15, 0.2) is 0 Å². The third kappa shape index (κ3) is 8.61. The van der Waals surface area contributed by atoms with Crippen LogP contribution in [-0.4, -0.2) is 81.5 Å². The highest BCUT2D eigenvalue weighted by atomic mass is 16.3. The Morgan fingerprint density at radius 3 is 2.39 bits per heavy atom. The normalized spacial score (nSPS) is 17.4. The van der Waals surface area contributed by atoms with E-state index in [4.69, 9.17) is 5.73 Å². The number of aliphatic hydroxyl groups is 1. The molecular weight excluding hydrogens is 560 g/mol. The molecule has 0 radical (unpaired) electrons. The number of carbonyl (C=O) groups is 4. The van der Waals surface area contributed by atoms with Crippen LogP contribution in [0.25, 0.3) is 10.8 Å². The molecule has 4 atom stereocenters. The fourth-order valence-electron chi connectivity index (χ4n) is 5.59. The number of nitrogens with two attached hydrogens (primary N) is 1. The topological polar surface area (TPSA) is 167 Å². The summed E-state index contributed by atoms with van der Waals surface area (Å²) in [5, 5.41) is 21.1. The zero-order valence-electron chi connectivity index (χ0n) is 25.5. The van der Waals surface area contributed by atoms with Crippen molar-refractivity contribution in [3.63, 3.8) is 0 Å². The van der Waals surface area contributed by atoms with E-state index in [-0.39, 0.29) is 36.1 Å². The predicted octanol–water partition coefficient (Wildman–Crippen LogP) is 1.68. The Hall–Kier alpha value is -4.35. The predicted molar refractivity (Wildman–Crippen MR) is 167 cm³/mol. The van der Waals surface area contributed by atoms with Crippen LogP contribution in [0.4, 0.5) is 0 Å². The number of likely N-dealkylation sites (tertiary alicyclic amines) is 1. The van der Waals surface area contributed by atoms with E-state index in [0.29, 0.717) is 0 Å². The minimum atomic E-state index is -1.31. The van der Waals surface area contributed by atoms with Gasteiger partial charge in [-0.3, -0.25) is 29.1 Å². The first-order valence-electron chi connectivity index (χ1n) is 14.9. The van der Waals surface area contributed by atoms with Crippen molar-refractivity contribution in [3.8, 4) is 0 Å². The minimum absolute atomic E-state index is 0.0748. The summed E-state index contributed by atoms with van der Waals surface area (Å²) in [4.78, 5) is 58.0. The minimum Gasteiger partial charge on any atom is -0.389 e. The maximum Gasteiger partial charge on any atom is 0.270 e. The number of primary amides is 1. The van der Waals surface area contributed by atoms with Gasteiger partial charge in [0.25, 0.3) is 5.91 Å². The lowest BCUT2D eigenvalue weighted by molar-refractivity contribution is -0.128. The van der Waals surface area contributed by atoms with E-state index in [0.717, 1.165) is 35.7 Å². The van der Waals surface area contributed by atoms with Gasteiger partial charge in [-0.2, -0.15) is 0 Å². The summed E-state index contributed by atoms with van der Waals surface area (Å²) in [6.45, 7) is 6.92. The van der Waals surface area contributed by atoms with Crippen LogP contribution in [0.3, 0.4) is 0 Å². The summed E-state index contributed by atoms with van der Waals surface area (Å²) in [5.41, 5.74) is 6.17. The van der Waals surface area contributed by atoms with Crippen LogP contribution in [0.1, 0.15) is 56.1 Å². The molecule has 44 heavy (non-hydrogen) atoms. The summed E-state index contributed by atoms with van der Waals surface area (Å²) in [6.07, 6.45) is 1.81. The summed E-state index contributed by atoms with van der Waals surface area (Å²) in [7, 11) is 0. The molecule has 1 fully saturated rings. The van der Waals surface area contributed by atoms with Gasteiger partial charge >= 0.3 is 0 Å². The van der Waals surface area contributed by atoms with Crippen LogP contribution < -0.4 is 21.7 Å². The first kappa shape index (κ1) is 32.6. The van der Waals surface area contributed by atoms with Crippen molar-refractivity contribution in [3.05, 3.63) is 78.1 Å². The molecule has 0 spiro atoms. The molecule has 11 heteroatoms. The Kier molecular flexibility index (Phi) is 10.7. The highest BCUT2D eigenvalue weighted by Crippen LogP contribution is 2.26. The SMILES string of the molecule is CC(C)(C)N1CCC[C@H]1C(=O)NC[C@@H](O)[C@H](Cc1ccccc1)NC(=O)[C@H](CC(N)=O)NC(=O)c1cc2ccccc2cn1. The number of pyridine rings is 1. The number of rotatable bonds is 12. The molecule has 0 aliphatic carbocycles. The van der Waals surface area contributed by atoms with Crippen LogP contribution in [-0.2, 0) is 20.8 Å². The molecule has 0 unspecified atom stereocenters. The van der Waals surface area contributed by atoms with Crippen molar-refractivity contribution in [2.45, 2.75) is 76.2 Å². The van der Waals surface area contributed by atoms with Gasteiger partial charge in [0.2, 0.25) is 17.7 Å². The molecule has 4 rings (SSSR count). The van der Waals surface area contributed by atoms with Crippen molar-refractivity contribution in [1.29, 1.82) is 0 Å². The van der Waals surface area contributed by atoms with E-state index in [9.17, 15) is 24.3 Å². The fourth-order valence-corrected chi connectivity index (χ4v) is 5.59. The van der Waals surface area contributed by atoms with Gasteiger partial charge in [-0.25, -0.2) is 0 Å². The largest absolute Gasteiger partial charge is 0.389 e. The van der Waals surface area contributed by atoms with E-state index in [1.807, 2.05) is 54.6 Å². The van der Waals surface area contributed by atoms with Gasteiger partial charge in [0, 0.05) is 23.7 Å². The zero-order chi connectivity index (χ0) is 31.9. The van der Waals surface area contributed by atoms with Gasteiger partial charge in [-0.1, -0.05) is 54.6 Å². The Bertz CT molecular complexity index is 1470. The summed E-state index contributed by atoms with van der Waals surface area (Å²) >= 11 is 0. The molecule has 6 N–H and O–H groups in total. The standard InChI is InChI=1S/C33H42N6O5/c1-33(2,3)39-15-9-14-27(39)32(44)36-20-28(40)24(16-21-10-5-4-6-11-21)37-31(43)26(18-29(34)41)38-30(42)25-17-22-12-7-8-13-23(22)19-35-25/h4-8,10-13,17,19,24,26-28,40H,9,14-16,18,20H2,1-3H3,(H2,34,41)(H,36,44)(H,37,43)(H,38,42)/t24-,26-,27-,28+/m0/s1. The monoisotopic (exact) mass is 602 g/mol. The second-order valence-electron chi connectivity index (χ2n) is 12.3. The molecule has 0 saturated carbocycles. The highest BCUT2D eigenvalue weighted by molar-refractivity contribution is 6.00. The van der Waals surface area contributed by atoms with Crippen LogP contribution in [0, 0.1) is 0 Å². The van der Waals surface area contributed by atoms with Crippen LogP contribution in [0.5, 0.6) is 0 Å². The fraction of sp³-hybridized carbons (Fsp3) is 0.424. The average Bonchev–Trinajstić information content (AvgIpc) is 3.50. The Morgan fingerprint density at radius 1 is 1.02 bits per heavy atom. The second kappa shape index (κ2) is 14.4. The number of hydrogen-bond acceptors (Lipinski definition) is 7. The molecule has 11 nitrogen and oxygen atoms in total. The number of hydrogen-bond donors (Lipinski definition) is 5. The van der Waals surface area contributed by atoms with Crippen LogP contribution in [0.2, 0.25) is 0 Å². The third-order valence-electron chi connectivity index (χ3n) is 7.88. The first-order valence-corrected chi connectivity index (χ1v) is 14.9. The van der Waals surface area contributed by atoms with E-state index < -0.39 is 42.3 Å². The number of nitrogens with zero attached hydrogens (tertiary/aromatic N) is 2. The number of fused-ring (bicyclic) bond motifs is 1.